The van der Waals surface area contributed by atoms with Crippen LogP contribution >= 0.6 is 0 Å². The molecule has 3 unspecified atom stereocenters. The number of carbonyl (C=O) groups is 4. The lowest BCUT2D eigenvalue weighted by Gasteiger charge is -2.28. The van der Waals surface area contributed by atoms with Crippen molar-refractivity contribution in [1.82, 2.24) is 9.80 Å². The smallest absolute Gasteiger partial charge is 0.304 e. The van der Waals surface area contributed by atoms with E-state index in [1.807, 2.05) is 24.3 Å². The van der Waals surface area contributed by atoms with Gasteiger partial charge in [0, 0.05) is 26.2 Å². The van der Waals surface area contributed by atoms with Crippen LogP contribution in [0.3, 0.4) is 0 Å². The minimum Gasteiger partial charge on any atom is -0.481 e. The molecule has 0 bridgehead atoms. The van der Waals surface area contributed by atoms with Gasteiger partial charge in [-0.3, -0.25) is 19.2 Å². The summed E-state index contributed by atoms with van der Waals surface area (Å²) < 4.78 is 0. The monoisotopic (exact) mass is 554 g/mol. The summed E-state index contributed by atoms with van der Waals surface area (Å²) in [7, 11) is 0. The summed E-state index contributed by atoms with van der Waals surface area (Å²) in [5.74, 6) is -4.22. The van der Waals surface area contributed by atoms with Crippen molar-refractivity contribution < 1.29 is 29.4 Å². The van der Waals surface area contributed by atoms with Crippen molar-refractivity contribution in [2.45, 2.75) is 44.9 Å². The molecule has 8 nitrogen and oxygen atoms in total. The molecule has 0 radical (unpaired) electrons. The van der Waals surface area contributed by atoms with Gasteiger partial charge in [-0.2, -0.15) is 0 Å². The maximum atomic E-state index is 13.1. The number of carboxylic acid groups (broad SMARTS) is 2. The van der Waals surface area contributed by atoms with Gasteiger partial charge in [0.15, 0.2) is 0 Å². The molecular formula is C32H46N2O6. The molecule has 0 aromatic heterocycles. The fraction of sp³-hybridized carbons (Fsp3) is 0.438. The van der Waals surface area contributed by atoms with Crippen LogP contribution in [0.1, 0.15) is 44.9 Å². The fourth-order valence-corrected chi connectivity index (χ4v) is 4.30. The van der Waals surface area contributed by atoms with Crippen LogP contribution in [0.4, 0.5) is 0 Å². The maximum absolute atomic E-state index is 13.1. The van der Waals surface area contributed by atoms with Gasteiger partial charge in [-0.05, 0) is 38.0 Å². The summed E-state index contributed by atoms with van der Waals surface area (Å²) in [6.07, 6.45) is 18.3. The first-order valence-corrected chi connectivity index (χ1v) is 13.5. The van der Waals surface area contributed by atoms with Gasteiger partial charge in [0.05, 0.1) is 24.7 Å². The van der Waals surface area contributed by atoms with Gasteiger partial charge < -0.3 is 20.0 Å². The summed E-state index contributed by atoms with van der Waals surface area (Å²) in [6.45, 7) is 19.8. The summed E-state index contributed by atoms with van der Waals surface area (Å²) in [5, 5.41) is 18.6. The zero-order chi connectivity index (χ0) is 30.3. The number of aliphatic carboxylic acids is 2. The number of rotatable bonds is 24. The van der Waals surface area contributed by atoms with Crippen molar-refractivity contribution in [3.8, 4) is 0 Å². The zero-order valence-electron chi connectivity index (χ0n) is 23.7. The highest BCUT2D eigenvalue weighted by Crippen LogP contribution is 2.25. The topological polar surface area (TPSA) is 115 Å². The predicted molar refractivity (Wildman–Crippen MR) is 160 cm³/mol. The normalized spacial score (nSPS) is 13.2. The third-order valence-electron chi connectivity index (χ3n) is 6.24. The number of allylic oxidation sites excluding steroid dienone is 5. The number of carboxylic acids is 2. The molecule has 2 amide bonds. The molecular weight excluding hydrogens is 508 g/mol. The largest absolute Gasteiger partial charge is 0.481 e. The van der Waals surface area contributed by atoms with Crippen molar-refractivity contribution in [1.29, 1.82) is 0 Å². The highest BCUT2D eigenvalue weighted by molar-refractivity contribution is 5.84. The Morgan fingerprint density at radius 3 is 1.52 bits per heavy atom. The zero-order valence-corrected chi connectivity index (χ0v) is 23.7. The molecule has 0 rings (SSSR count). The van der Waals surface area contributed by atoms with E-state index >= 15 is 0 Å². The lowest BCUT2D eigenvalue weighted by atomic mass is 9.84. The summed E-state index contributed by atoms with van der Waals surface area (Å²) >= 11 is 0. The van der Waals surface area contributed by atoms with E-state index in [0.29, 0.717) is 45.4 Å². The summed E-state index contributed by atoms with van der Waals surface area (Å²) in [6, 6.07) is 0. The molecule has 220 valence electrons. The lowest BCUT2D eigenvalue weighted by molar-refractivity contribution is -0.145. The number of amides is 2. The molecule has 0 aliphatic rings. The quantitative estimate of drug-likeness (QED) is 0.121. The van der Waals surface area contributed by atoms with E-state index in [1.54, 1.807) is 30.4 Å². The van der Waals surface area contributed by atoms with Crippen LogP contribution < -0.4 is 0 Å². The SMILES string of the molecule is C=CCN(CC=C)C(=O)C(C/C=C/CC/C=C\CCC(C=C)C(CC(=O)O)C(=O)N(CC=C)CC=C)CC(=O)O. The number of unbranched alkanes of at least 4 members (excludes halogenated alkanes) is 1. The second kappa shape index (κ2) is 21.9. The Kier molecular flexibility index (Phi) is 19.8. The third-order valence-corrected chi connectivity index (χ3v) is 6.24. The highest BCUT2D eigenvalue weighted by Gasteiger charge is 2.31. The van der Waals surface area contributed by atoms with Crippen molar-refractivity contribution >= 4 is 23.8 Å². The Morgan fingerprint density at radius 1 is 0.625 bits per heavy atom. The molecule has 0 aliphatic heterocycles. The lowest BCUT2D eigenvalue weighted by Crippen LogP contribution is -2.40. The van der Waals surface area contributed by atoms with Gasteiger partial charge in [0.25, 0.3) is 0 Å². The fourth-order valence-electron chi connectivity index (χ4n) is 4.30. The van der Waals surface area contributed by atoms with Crippen LogP contribution in [0.25, 0.3) is 0 Å². The average molecular weight is 555 g/mol. The van der Waals surface area contributed by atoms with Crippen molar-refractivity contribution in [2.75, 3.05) is 26.2 Å². The first-order valence-electron chi connectivity index (χ1n) is 13.5. The Bertz CT molecular complexity index is 916. The minimum absolute atomic E-state index is 0.236. The van der Waals surface area contributed by atoms with Gasteiger partial charge >= 0.3 is 11.9 Å². The van der Waals surface area contributed by atoms with Crippen LogP contribution in [-0.4, -0.2) is 69.9 Å². The third kappa shape index (κ3) is 14.9. The molecule has 2 N–H and O–H groups in total. The van der Waals surface area contributed by atoms with Crippen LogP contribution in [0.15, 0.2) is 87.6 Å². The van der Waals surface area contributed by atoms with E-state index in [4.69, 9.17) is 0 Å². The molecule has 0 saturated heterocycles. The molecule has 0 saturated carbocycles. The minimum atomic E-state index is -1.04. The van der Waals surface area contributed by atoms with E-state index in [-0.39, 0.29) is 30.6 Å². The second-order valence-corrected chi connectivity index (χ2v) is 9.37. The molecule has 3 atom stereocenters. The predicted octanol–water partition coefficient (Wildman–Crippen LogP) is 5.43. The van der Waals surface area contributed by atoms with E-state index < -0.39 is 23.8 Å². The van der Waals surface area contributed by atoms with E-state index in [1.165, 1.54) is 9.80 Å². The van der Waals surface area contributed by atoms with Crippen molar-refractivity contribution in [3.05, 3.63) is 87.6 Å². The molecule has 40 heavy (non-hydrogen) atoms. The van der Waals surface area contributed by atoms with E-state index in [2.05, 4.69) is 32.9 Å². The molecule has 0 aromatic rings. The van der Waals surface area contributed by atoms with Gasteiger partial charge in [-0.1, -0.05) is 54.7 Å². The van der Waals surface area contributed by atoms with Gasteiger partial charge in [-0.25, -0.2) is 0 Å². The Hall–Kier alpha value is -3.94. The summed E-state index contributed by atoms with van der Waals surface area (Å²) in [5.41, 5.74) is 0. The standard InChI is InChI=1S/C32H46N2O6/c1-6-20-33(21-7-2)31(39)27(24-29(35)36)19-17-15-13-11-12-14-16-18-26(10-5)28(25-30(37)38)32(40)34(22-8-3)23-9-4/h6-10,12,14-15,17,26-28H,1-5,11,13,16,18-25H2,(H,35,36)(H,37,38)/b14-12-,17-15+. The van der Waals surface area contributed by atoms with Crippen LogP contribution in [0.2, 0.25) is 0 Å². The number of carbonyl (C=O) groups excluding carboxylic acids is 2. The average Bonchev–Trinajstić information content (AvgIpc) is 2.91. The van der Waals surface area contributed by atoms with Crippen LogP contribution in [0.5, 0.6) is 0 Å². The van der Waals surface area contributed by atoms with Crippen LogP contribution in [0, 0.1) is 17.8 Å². The molecule has 0 fully saturated rings. The van der Waals surface area contributed by atoms with Crippen molar-refractivity contribution in [2.24, 2.45) is 17.8 Å². The summed E-state index contributed by atoms with van der Waals surface area (Å²) in [4.78, 5) is 51.7. The molecule has 0 aliphatic carbocycles. The Labute approximate surface area is 239 Å². The number of nitrogens with zero attached hydrogens (tertiary/aromatic N) is 2. The van der Waals surface area contributed by atoms with Gasteiger partial charge in [-0.15, -0.1) is 32.9 Å². The molecule has 0 spiro atoms. The number of hydrogen-bond donors (Lipinski definition) is 2. The van der Waals surface area contributed by atoms with E-state index in [0.717, 1.165) is 12.8 Å². The first-order chi connectivity index (χ1) is 19.2. The molecule has 8 heteroatoms. The first kappa shape index (κ1) is 36.1. The van der Waals surface area contributed by atoms with E-state index in [9.17, 15) is 29.4 Å². The second-order valence-electron chi connectivity index (χ2n) is 9.37. The number of hydrogen-bond acceptors (Lipinski definition) is 4. The molecule has 0 heterocycles. The van der Waals surface area contributed by atoms with Crippen molar-refractivity contribution in [3.63, 3.8) is 0 Å². The Balaban J connectivity index is 4.96. The highest BCUT2D eigenvalue weighted by atomic mass is 16.4. The van der Waals surface area contributed by atoms with Crippen LogP contribution in [-0.2, 0) is 19.2 Å². The van der Waals surface area contributed by atoms with Gasteiger partial charge in [0.2, 0.25) is 11.8 Å². The molecule has 0 aromatic carbocycles. The Morgan fingerprint density at radius 2 is 1.07 bits per heavy atom. The maximum Gasteiger partial charge on any atom is 0.304 e. The van der Waals surface area contributed by atoms with Gasteiger partial charge in [0.1, 0.15) is 0 Å².